The molecule has 3 heteroatoms. The third-order valence-corrected chi connectivity index (χ3v) is 2.45. The molecule has 0 heterocycles. The first-order chi connectivity index (χ1) is 6.18. The smallest absolute Gasteiger partial charge is 0.128 e. The molecule has 0 bridgehead atoms. The van der Waals surface area contributed by atoms with Gasteiger partial charge in [0.25, 0.3) is 0 Å². The van der Waals surface area contributed by atoms with Crippen molar-refractivity contribution in [1.29, 1.82) is 0 Å². The van der Waals surface area contributed by atoms with Crippen LogP contribution >= 0.6 is 0 Å². The molecule has 0 amide bonds. The summed E-state index contributed by atoms with van der Waals surface area (Å²) in [5.74, 6) is -0.482. The second kappa shape index (κ2) is 3.07. The molecule has 0 radical (unpaired) electrons. The molecule has 0 saturated heterocycles. The summed E-state index contributed by atoms with van der Waals surface area (Å²) in [5, 5.41) is 0. The van der Waals surface area contributed by atoms with Crippen molar-refractivity contribution >= 4 is 0 Å². The average Bonchev–Trinajstić information content (AvgIpc) is 2.91. The van der Waals surface area contributed by atoms with Gasteiger partial charge in [-0.25, -0.2) is 8.78 Å². The fourth-order valence-electron chi connectivity index (χ4n) is 1.48. The van der Waals surface area contributed by atoms with E-state index >= 15 is 0 Å². The number of hydrogen-bond acceptors (Lipinski definition) is 1. The highest BCUT2D eigenvalue weighted by Gasteiger charge is 2.31. The Balaban J connectivity index is 2.31. The fraction of sp³-hybridized carbons (Fsp3) is 0.400. The van der Waals surface area contributed by atoms with Gasteiger partial charge in [-0.15, -0.1) is 0 Å². The summed E-state index contributed by atoms with van der Waals surface area (Å²) < 4.78 is 25.9. The van der Waals surface area contributed by atoms with Crippen molar-refractivity contribution in [3.05, 3.63) is 35.4 Å². The Bertz CT molecular complexity index is 321. The Morgan fingerprint density at radius 2 is 2.00 bits per heavy atom. The van der Waals surface area contributed by atoms with Crippen LogP contribution in [0.4, 0.5) is 8.78 Å². The first-order valence-corrected chi connectivity index (χ1v) is 4.39. The molecule has 1 aliphatic rings. The summed E-state index contributed by atoms with van der Waals surface area (Å²) >= 11 is 0. The van der Waals surface area contributed by atoms with Gasteiger partial charge in [0.1, 0.15) is 11.6 Å². The Morgan fingerprint density at radius 3 is 2.62 bits per heavy atom. The highest BCUT2D eigenvalue weighted by atomic mass is 19.1. The van der Waals surface area contributed by atoms with E-state index in [0.717, 1.165) is 25.0 Å². The molecule has 13 heavy (non-hydrogen) atoms. The standard InChI is InChI=1S/C10H11F2N/c11-7-3-4-9(12)8(5-7)10(13)6-1-2-6/h3-6,10H,1-2,13H2/t10-/m0/s1. The van der Waals surface area contributed by atoms with Crippen LogP contribution in [0.3, 0.4) is 0 Å². The van der Waals surface area contributed by atoms with Gasteiger partial charge in [-0.2, -0.15) is 0 Å². The SMILES string of the molecule is N[C@H](c1cc(F)ccc1F)C1CC1. The molecule has 1 aromatic rings. The van der Waals surface area contributed by atoms with E-state index in [1.54, 1.807) is 0 Å². The topological polar surface area (TPSA) is 26.0 Å². The van der Waals surface area contributed by atoms with Crippen LogP contribution in [0.2, 0.25) is 0 Å². The minimum Gasteiger partial charge on any atom is -0.324 e. The van der Waals surface area contributed by atoms with Crippen molar-refractivity contribution in [3.8, 4) is 0 Å². The molecule has 1 nitrogen and oxygen atoms in total. The monoisotopic (exact) mass is 183 g/mol. The Morgan fingerprint density at radius 1 is 1.31 bits per heavy atom. The Kier molecular flexibility index (Phi) is 2.04. The minimum absolute atomic E-state index is 0.308. The maximum absolute atomic E-state index is 13.2. The number of nitrogens with two attached hydrogens (primary N) is 1. The number of rotatable bonds is 2. The van der Waals surface area contributed by atoms with E-state index in [4.69, 9.17) is 5.73 Å². The van der Waals surface area contributed by atoms with E-state index in [-0.39, 0.29) is 6.04 Å². The summed E-state index contributed by atoms with van der Waals surface area (Å²) in [6.07, 6.45) is 2.05. The Labute approximate surface area is 75.6 Å². The molecule has 70 valence electrons. The summed E-state index contributed by atoms with van der Waals surface area (Å²) in [5.41, 5.74) is 6.07. The Hall–Kier alpha value is -0.960. The van der Waals surface area contributed by atoms with Crippen molar-refractivity contribution in [2.24, 2.45) is 11.7 Å². The van der Waals surface area contributed by atoms with Gasteiger partial charge in [0.2, 0.25) is 0 Å². The fourth-order valence-corrected chi connectivity index (χ4v) is 1.48. The summed E-state index contributed by atoms with van der Waals surface area (Å²) in [6.45, 7) is 0. The van der Waals surface area contributed by atoms with Crippen LogP contribution in [-0.2, 0) is 0 Å². The first kappa shape index (κ1) is 8.63. The van der Waals surface area contributed by atoms with E-state index in [1.165, 1.54) is 6.07 Å². The number of halogens is 2. The highest BCUT2D eigenvalue weighted by molar-refractivity contribution is 5.23. The molecule has 2 N–H and O–H groups in total. The normalized spacial score (nSPS) is 18.7. The lowest BCUT2D eigenvalue weighted by molar-refractivity contribution is 0.539. The largest absolute Gasteiger partial charge is 0.324 e. The highest BCUT2D eigenvalue weighted by Crippen LogP contribution is 2.40. The number of benzene rings is 1. The van der Waals surface area contributed by atoms with Crippen molar-refractivity contribution in [2.45, 2.75) is 18.9 Å². The summed E-state index contributed by atoms with van der Waals surface area (Å²) in [7, 11) is 0. The van der Waals surface area contributed by atoms with Crippen molar-refractivity contribution in [3.63, 3.8) is 0 Å². The second-order valence-electron chi connectivity index (χ2n) is 3.53. The zero-order valence-electron chi connectivity index (χ0n) is 7.13. The van der Waals surface area contributed by atoms with Gasteiger partial charge < -0.3 is 5.73 Å². The molecule has 0 unspecified atom stereocenters. The van der Waals surface area contributed by atoms with Crippen LogP contribution in [0.1, 0.15) is 24.4 Å². The van der Waals surface area contributed by atoms with Crippen LogP contribution in [0, 0.1) is 17.6 Å². The van der Waals surface area contributed by atoms with Gasteiger partial charge in [0.05, 0.1) is 0 Å². The van der Waals surface area contributed by atoms with Gasteiger partial charge in [-0.1, -0.05) is 0 Å². The molecule has 1 aliphatic carbocycles. The summed E-state index contributed by atoms with van der Waals surface area (Å²) in [4.78, 5) is 0. The third kappa shape index (κ3) is 1.70. The molecule has 1 aromatic carbocycles. The minimum atomic E-state index is -0.424. The van der Waals surface area contributed by atoms with Crippen molar-refractivity contribution in [2.75, 3.05) is 0 Å². The van der Waals surface area contributed by atoms with Crippen molar-refractivity contribution in [1.82, 2.24) is 0 Å². The molecule has 0 spiro atoms. The molecule has 1 saturated carbocycles. The van der Waals surface area contributed by atoms with Gasteiger partial charge in [-0.05, 0) is 37.0 Å². The summed E-state index contributed by atoms with van der Waals surface area (Å²) in [6, 6.07) is 3.10. The van der Waals surface area contributed by atoms with Gasteiger partial charge >= 0.3 is 0 Å². The van der Waals surface area contributed by atoms with E-state index < -0.39 is 11.6 Å². The molecular formula is C10H11F2N. The van der Waals surface area contributed by atoms with Crippen LogP contribution in [0.25, 0.3) is 0 Å². The second-order valence-corrected chi connectivity index (χ2v) is 3.53. The maximum Gasteiger partial charge on any atom is 0.128 e. The molecule has 0 aliphatic heterocycles. The average molecular weight is 183 g/mol. The van der Waals surface area contributed by atoms with Crippen LogP contribution in [-0.4, -0.2) is 0 Å². The lowest BCUT2D eigenvalue weighted by atomic mass is 10.0. The molecule has 1 fully saturated rings. The zero-order chi connectivity index (χ0) is 9.42. The third-order valence-electron chi connectivity index (χ3n) is 2.45. The van der Waals surface area contributed by atoms with Gasteiger partial charge in [-0.3, -0.25) is 0 Å². The van der Waals surface area contributed by atoms with E-state index in [2.05, 4.69) is 0 Å². The number of hydrogen-bond donors (Lipinski definition) is 1. The van der Waals surface area contributed by atoms with E-state index in [9.17, 15) is 8.78 Å². The zero-order valence-corrected chi connectivity index (χ0v) is 7.13. The van der Waals surface area contributed by atoms with Gasteiger partial charge in [0.15, 0.2) is 0 Å². The first-order valence-electron chi connectivity index (χ1n) is 4.39. The predicted molar refractivity (Wildman–Crippen MR) is 46.0 cm³/mol. The van der Waals surface area contributed by atoms with E-state index in [1.807, 2.05) is 0 Å². The van der Waals surface area contributed by atoms with Gasteiger partial charge in [0, 0.05) is 11.6 Å². The quantitative estimate of drug-likeness (QED) is 0.748. The predicted octanol–water partition coefficient (Wildman–Crippen LogP) is 2.37. The van der Waals surface area contributed by atoms with Crippen molar-refractivity contribution < 1.29 is 8.78 Å². The van der Waals surface area contributed by atoms with Crippen LogP contribution < -0.4 is 5.73 Å². The van der Waals surface area contributed by atoms with E-state index in [0.29, 0.717) is 11.5 Å². The molecule has 1 atom stereocenters. The maximum atomic E-state index is 13.2. The molecule has 0 aromatic heterocycles. The van der Waals surface area contributed by atoms with Crippen LogP contribution in [0.5, 0.6) is 0 Å². The van der Waals surface area contributed by atoms with Crippen LogP contribution in [0.15, 0.2) is 18.2 Å². The lowest BCUT2D eigenvalue weighted by Gasteiger charge is -2.11. The lowest BCUT2D eigenvalue weighted by Crippen LogP contribution is -2.14. The molecule has 2 rings (SSSR count). The molecular weight excluding hydrogens is 172 g/mol.